The number of aromatic amines is 1. The Balaban J connectivity index is 2.46. The second-order valence-electron chi connectivity index (χ2n) is 8.13. The summed E-state index contributed by atoms with van der Waals surface area (Å²) in [7, 11) is -2.42. The molecule has 7 nitrogen and oxygen atoms in total. The first-order valence-corrected chi connectivity index (χ1v) is 11.8. The highest BCUT2D eigenvalue weighted by Gasteiger charge is 2.59. The third-order valence-corrected chi connectivity index (χ3v) is 10.2. The fourth-order valence-electron chi connectivity index (χ4n) is 2.59. The third-order valence-electron chi connectivity index (χ3n) is 5.28. The Bertz CT molecular complexity index is 756. The summed E-state index contributed by atoms with van der Waals surface area (Å²) in [5, 5.41) is 9.70. The molecule has 0 unspecified atom stereocenters. The molecule has 148 valence electrons. The second-order valence-corrected chi connectivity index (χ2v) is 13.1. The van der Waals surface area contributed by atoms with Gasteiger partial charge in [-0.15, -0.1) is 11.6 Å². The molecule has 4 atom stereocenters. The third kappa shape index (κ3) is 3.68. The van der Waals surface area contributed by atoms with Crippen molar-refractivity contribution in [2.45, 2.75) is 63.0 Å². The van der Waals surface area contributed by atoms with Crippen LogP contribution in [-0.4, -0.2) is 53.3 Å². The molecule has 1 aromatic rings. The molecule has 0 bridgehead atoms. The highest BCUT2D eigenvalue weighted by molar-refractivity contribution is 6.74. The molecule has 1 saturated heterocycles. The molecule has 0 radical (unpaired) electrons. The Morgan fingerprint density at radius 3 is 2.54 bits per heavy atom. The number of nitrogens with zero attached hydrogens (tertiary/aromatic N) is 1. The molecule has 1 aliphatic rings. The number of aliphatic hydroxyl groups excluding tert-OH is 1. The number of rotatable bonds is 5. The van der Waals surface area contributed by atoms with E-state index < -0.39 is 50.3 Å². The Labute approximate surface area is 157 Å². The van der Waals surface area contributed by atoms with Gasteiger partial charge in [-0.25, -0.2) is 9.18 Å². The molecule has 1 aliphatic heterocycles. The van der Waals surface area contributed by atoms with Crippen LogP contribution >= 0.6 is 11.6 Å². The molecule has 0 aliphatic carbocycles. The Morgan fingerprint density at radius 1 is 1.46 bits per heavy atom. The molecule has 1 aromatic heterocycles. The first-order valence-electron chi connectivity index (χ1n) is 8.36. The van der Waals surface area contributed by atoms with Gasteiger partial charge >= 0.3 is 5.69 Å². The van der Waals surface area contributed by atoms with Gasteiger partial charge in [0.25, 0.3) is 5.56 Å². The van der Waals surface area contributed by atoms with Crippen LogP contribution in [0.1, 0.15) is 27.0 Å². The minimum Gasteiger partial charge on any atom is -0.408 e. The maximum Gasteiger partial charge on any atom is 0.330 e. The number of aromatic nitrogens is 2. The van der Waals surface area contributed by atoms with Crippen molar-refractivity contribution in [3.63, 3.8) is 0 Å². The minimum absolute atomic E-state index is 0.201. The number of aliphatic hydroxyl groups is 1. The van der Waals surface area contributed by atoms with Crippen molar-refractivity contribution < 1.29 is 18.7 Å². The van der Waals surface area contributed by atoms with E-state index in [4.69, 9.17) is 20.8 Å². The minimum atomic E-state index is -2.42. The van der Waals surface area contributed by atoms with Crippen LogP contribution in [0.4, 0.5) is 4.39 Å². The van der Waals surface area contributed by atoms with Gasteiger partial charge in [-0.2, -0.15) is 0 Å². The fourth-order valence-corrected chi connectivity index (χ4v) is 4.23. The van der Waals surface area contributed by atoms with Crippen molar-refractivity contribution in [3.8, 4) is 0 Å². The predicted octanol–water partition coefficient (Wildman–Crippen LogP) is 1.76. The van der Waals surface area contributed by atoms with Crippen LogP contribution in [0.3, 0.4) is 0 Å². The van der Waals surface area contributed by atoms with Gasteiger partial charge in [0.15, 0.2) is 20.7 Å². The van der Waals surface area contributed by atoms with Gasteiger partial charge in [-0.05, 0) is 18.1 Å². The van der Waals surface area contributed by atoms with Gasteiger partial charge in [0.2, 0.25) is 0 Å². The zero-order valence-corrected chi connectivity index (χ0v) is 17.3. The number of alkyl halides is 2. The molecule has 0 amide bonds. The lowest BCUT2D eigenvalue weighted by molar-refractivity contribution is -0.112. The summed E-state index contributed by atoms with van der Waals surface area (Å²) in [4.78, 5) is 25.4. The van der Waals surface area contributed by atoms with Gasteiger partial charge in [-0.3, -0.25) is 14.3 Å². The predicted molar refractivity (Wildman–Crippen MR) is 98.9 cm³/mol. The Kier molecular flexibility index (Phi) is 5.89. The van der Waals surface area contributed by atoms with Crippen LogP contribution in [-0.2, 0) is 9.16 Å². The quantitative estimate of drug-likeness (QED) is 0.572. The molecular formula is C16H26ClFN2O5Si. The van der Waals surface area contributed by atoms with E-state index in [9.17, 15) is 14.7 Å². The normalized spacial score (nSPS) is 29.9. The van der Waals surface area contributed by atoms with Crippen molar-refractivity contribution in [1.82, 2.24) is 9.55 Å². The average molecular weight is 409 g/mol. The van der Waals surface area contributed by atoms with E-state index in [0.717, 1.165) is 16.8 Å². The number of hydrogen-bond donors (Lipinski definition) is 2. The van der Waals surface area contributed by atoms with Crippen LogP contribution in [0, 0.1) is 0 Å². The van der Waals surface area contributed by atoms with Gasteiger partial charge in [0, 0.05) is 12.3 Å². The van der Waals surface area contributed by atoms with Crippen molar-refractivity contribution in [1.29, 1.82) is 0 Å². The van der Waals surface area contributed by atoms with Crippen molar-refractivity contribution >= 4 is 19.9 Å². The zero-order valence-electron chi connectivity index (χ0n) is 15.6. The molecule has 2 N–H and O–H groups in total. The molecule has 1 fully saturated rings. The smallest absolute Gasteiger partial charge is 0.330 e. The van der Waals surface area contributed by atoms with Crippen LogP contribution < -0.4 is 11.2 Å². The fraction of sp³-hybridized carbons (Fsp3) is 0.750. The topological polar surface area (TPSA) is 93.6 Å². The van der Waals surface area contributed by atoms with Gasteiger partial charge in [0.05, 0.1) is 12.5 Å². The lowest BCUT2D eigenvalue weighted by Crippen LogP contribution is -2.55. The Morgan fingerprint density at radius 2 is 2.08 bits per heavy atom. The van der Waals surface area contributed by atoms with Gasteiger partial charge < -0.3 is 14.3 Å². The number of ether oxygens (including phenoxy) is 1. The summed E-state index contributed by atoms with van der Waals surface area (Å²) < 4.78 is 28.2. The van der Waals surface area contributed by atoms with Crippen LogP contribution in [0.5, 0.6) is 0 Å². The van der Waals surface area contributed by atoms with E-state index in [1.54, 1.807) is 0 Å². The molecule has 10 heteroatoms. The van der Waals surface area contributed by atoms with E-state index in [-0.39, 0.29) is 10.9 Å². The van der Waals surface area contributed by atoms with Crippen LogP contribution in [0.25, 0.3) is 0 Å². The molecule has 0 aromatic carbocycles. The molecular weight excluding hydrogens is 383 g/mol. The number of H-pyrrole nitrogens is 1. The highest BCUT2D eigenvalue weighted by Crippen LogP contribution is 2.45. The first kappa shape index (κ1) is 21.3. The summed E-state index contributed by atoms with van der Waals surface area (Å²) >= 11 is 6.02. The van der Waals surface area contributed by atoms with E-state index in [2.05, 4.69) is 4.98 Å². The Hall–Kier alpha value is -1.00. The second kappa shape index (κ2) is 7.20. The molecule has 0 saturated carbocycles. The van der Waals surface area contributed by atoms with Crippen molar-refractivity contribution in [3.05, 3.63) is 33.1 Å². The number of hydrogen-bond acceptors (Lipinski definition) is 5. The van der Waals surface area contributed by atoms with E-state index in [1.165, 1.54) is 0 Å². The maximum atomic E-state index is 15.4. The average Bonchev–Trinajstić information content (AvgIpc) is 2.80. The van der Waals surface area contributed by atoms with Crippen LogP contribution in [0.15, 0.2) is 21.9 Å². The summed E-state index contributed by atoms with van der Waals surface area (Å²) in [6.07, 6.45) is -3.10. The lowest BCUT2D eigenvalue weighted by atomic mass is 9.99. The summed E-state index contributed by atoms with van der Waals surface area (Å²) in [6, 6.07) is 1.10. The molecule has 0 spiro atoms. The van der Waals surface area contributed by atoms with E-state index in [0.29, 0.717) is 0 Å². The standard InChI is InChI=1S/C16H26ClFN2O5Si/c1-15(2,3)26(4,5)25-12-11(18)13(24-16(12,8-17)9-21)20-7-6-10(22)19-14(20)23/h6-7,11-13,21H,8-9H2,1-5H3,(H,19,22,23)/t11-,12-,13+,16+/m0/s1. The van der Waals surface area contributed by atoms with Gasteiger partial charge in [0.1, 0.15) is 11.7 Å². The summed E-state index contributed by atoms with van der Waals surface area (Å²) in [6.45, 7) is 9.37. The number of halogens is 2. The first-order chi connectivity index (χ1) is 11.9. The van der Waals surface area contributed by atoms with Crippen molar-refractivity contribution in [2.75, 3.05) is 12.5 Å². The van der Waals surface area contributed by atoms with Crippen LogP contribution in [0.2, 0.25) is 18.1 Å². The highest BCUT2D eigenvalue weighted by atomic mass is 35.5. The largest absolute Gasteiger partial charge is 0.408 e. The monoisotopic (exact) mass is 408 g/mol. The summed E-state index contributed by atoms with van der Waals surface area (Å²) in [5.41, 5.74) is -2.89. The zero-order chi connectivity index (χ0) is 19.9. The molecule has 2 rings (SSSR count). The lowest BCUT2D eigenvalue weighted by Gasteiger charge is -2.42. The number of nitrogens with one attached hydrogen (secondary N) is 1. The molecule has 2 heterocycles. The SMILES string of the molecule is CC(C)(C)[Si](C)(C)O[C@H]1[C@H](F)[C@H](n2ccc(=O)[nH]c2=O)O[C@@]1(CO)CCl. The van der Waals surface area contributed by atoms with E-state index >= 15 is 4.39 Å². The van der Waals surface area contributed by atoms with Gasteiger partial charge in [-0.1, -0.05) is 20.8 Å². The molecule has 26 heavy (non-hydrogen) atoms. The summed E-state index contributed by atoms with van der Waals surface area (Å²) in [5.74, 6) is -0.211. The maximum absolute atomic E-state index is 15.4. The van der Waals surface area contributed by atoms with E-state index in [1.807, 2.05) is 33.9 Å². The van der Waals surface area contributed by atoms with Crippen molar-refractivity contribution in [2.24, 2.45) is 0 Å².